The predicted molar refractivity (Wildman–Crippen MR) is 112 cm³/mol. The Balaban J connectivity index is 1.79. The molecule has 2 rings (SSSR count). The van der Waals surface area contributed by atoms with Gasteiger partial charge in [-0.05, 0) is 29.5 Å². The van der Waals surface area contributed by atoms with Gasteiger partial charge in [0.15, 0.2) is 0 Å². The summed E-state index contributed by atoms with van der Waals surface area (Å²) in [5.41, 5.74) is 5.11. The molecular formula is C20H20N4S. The van der Waals surface area contributed by atoms with Gasteiger partial charge in [0, 0.05) is 12.4 Å². The van der Waals surface area contributed by atoms with E-state index in [4.69, 9.17) is 0 Å². The fourth-order valence-corrected chi connectivity index (χ4v) is 2.08. The smallest absolute Gasteiger partial charge is 0.203 e. The lowest BCUT2D eigenvalue weighted by Crippen LogP contribution is -2.12. The van der Waals surface area contributed by atoms with E-state index in [-0.39, 0.29) is 0 Å². The zero-order valence-electron chi connectivity index (χ0n) is 14.0. The van der Waals surface area contributed by atoms with Crippen molar-refractivity contribution in [1.82, 2.24) is 5.43 Å². The van der Waals surface area contributed by atoms with Crippen molar-refractivity contribution in [2.45, 2.75) is 0 Å². The number of nitrogens with one attached hydrogen (secondary N) is 1. The summed E-state index contributed by atoms with van der Waals surface area (Å²) >= 11 is 1.44. The summed E-state index contributed by atoms with van der Waals surface area (Å²) in [4.78, 5) is 0. The zero-order valence-corrected chi connectivity index (χ0v) is 14.8. The fourth-order valence-electron chi connectivity index (χ4n) is 1.81. The summed E-state index contributed by atoms with van der Waals surface area (Å²) in [5, 5.41) is 12.8. The van der Waals surface area contributed by atoms with E-state index in [9.17, 15) is 0 Å². The van der Waals surface area contributed by atoms with E-state index < -0.39 is 0 Å². The molecule has 0 spiro atoms. The average Bonchev–Trinajstić information content (AvgIpc) is 2.67. The second-order valence-electron chi connectivity index (χ2n) is 4.80. The van der Waals surface area contributed by atoms with Crippen LogP contribution in [0, 0.1) is 0 Å². The van der Waals surface area contributed by atoms with Crippen LogP contribution in [0.4, 0.5) is 0 Å². The van der Waals surface area contributed by atoms with Crippen molar-refractivity contribution in [2.75, 3.05) is 6.26 Å². The third-order valence-corrected chi connectivity index (χ3v) is 3.55. The van der Waals surface area contributed by atoms with Crippen LogP contribution in [-0.2, 0) is 0 Å². The summed E-state index contributed by atoms with van der Waals surface area (Å²) in [6.45, 7) is 0. The quantitative estimate of drug-likeness (QED) is 0.467. The van der Waals surface area contributed by atoms with Crippen LogP contribution in [0.3, 0.4) is 0 Å². The van der Waals surface area contributed by atoms with Gasteiger partial charge in [-0.25, -0.2) is 0 Å². The summed E-state index contributed by atoms with van der Waals surface area (Å²) < 4.78 is 0. The van der Waals surface area contributed by atoms with Crippen LogP contribution in [0.15, 0.2) is 88.1 Å². The summed E-state index contributed by atoms with van der Waals surface area (Å²) in [7, 11) is 0. The minimum absolute atomic E-state index is 0.619. The number of hydrazone groups is 1. The Morgan fingerprint density at radius 3 is 1.96 bits per heavy atom. The Kier molecular flexibility index (Phi) is 8.54. The highest BCUT2D eigenvalue weighted by molar-refractivity contribution is 8.13. The van der Waals surface area contributed by atoms with Crippen LogP contribution in [0.1, 0.15) is 11.1 Å². The highest BCUT2D eigenvalue weighted by Crippen LogP contribution is 2.01. The van der Waals surface area contributed by atoms with Gasteiger partial charge in [-0.3, -0.25) is 5.43 Å². The third-order valence-electron chi connectivity index (χ3n) is 2.99. The predicted octanol–water partition coefficient (Wildman–Crippen LogP) is 4.69. The van der Waals surface area contributed by atoms with E-state index in [0.29, 0.717) is 5.17 Å². The summed E-state index contributed by atoms with van der Waals surface area (Å²) in [5.74, 6) is 0. The van der Waals surface area contributed by atoms with E-state index in [2.05, 4.69) is 20.7 Å². The Labute approximate surface area is 152 Å². The minimum atomic E-state index is 0.619. The maximum atomic E-state index is 4.10. The molecule has 0 atom stereocenters. The van der Waals surface area contributed by atoms with Gasteiger partial charge in [0.1, 0.15) is 0 Å². The molecule has 0 heterocycles. The maximum Gasteiger partial charge on any atom is 0.203 e. The van der Waals surface area contributed by atoms with Gasteiger partial charge in [-0.15, -0.1) is 5.10 Å². The van der Waals surface area contributed by atoms with E-state index in [1.54, 1.807) is 12.4 Å². The van der Waals surface area contributed by atoms with Crippen molar-refractivity contribution in [3.63, 3.8) is 0 Å². The lowest BCUT2D eigenvalue weighted by Gasteiger charge is -1.97. The number of thioether (sulfide) groups is 1. The Bertz CT molecular complexity index is 763. The molecule has 0 aliphatic rings. The molecular weight excluding hydrogens is 328 g/mol. The molecule has 0 saturated heterocycles. The number of nitrogens with zero attached hydrogens (tertiary/aromatic N) is 3. The van der Waals surface area contributed by atoms with E-state index in [1.807, 2.05) is 91.2 Å². The first kappa shape index (κ1) is 18.4. The number of benzene rings is 2. The second kappa shape index (κ2) is 11.6. The first-order valence-electron chi connectivity index (χ1n) is 7.76. The van der Waals surface area contributed by atoms with E-state index in [0.717, 1.165) is 11.1 Å². The molecule has 1 N–H and O–H groups in total. The van der Waals surface area contributed by atoms with Crippen molar-refractivity contribution in [3.05, 3.63) is 83.9 Å². The van der Waals surface area contributed by atoms with Gasteiger partial charge >= 0.3 is 0 Å². The van der Waals surface area contributed by atoms with Crippen molar-refractivity contribution in [1.29, 1.82) is 0 Å². The van der Waals surface area contributed by atoms with Crippen LogP contribution in [0.5, 0.6) is 0 Å². The number of hydrogen-bond acceptors (Lipinski definition) is 4. The monoisotopic (exact) mass is 348 g/mol. The van der Waals surface area contributed by atoms with Crippen LogP contribution >= 0.6 is 11.8 Å². The van der Waals surface area contributed by atoms with Crippen molar-refractivity contribution in [3.8, 4) is 0 Å². The molecule has 126 valence electrons. The normalized spacial score (nSPS) is 12.8. The van der Waals surface area contributed by atoms with Crippen molar-refractivity contribution < 1.29 is 0 Å². The molecule has 2 aromatic carbocycles. The molecule has 2 aromatic rings. The van der Waals surface area contributed by atoms with Gasteiger partial charge < -0.3 is 0 Å². The van der Waals surface area contributed by atoms with Gasteiger partial charge in [0.25, 0.3) is 0 Å². The molecule has 0 saturated carbocycles. The standard InChI is InChI=1S/C20H20N4S/c1-25-20(23-21-16-8-14-18-10-4-2-5-11-18)24-22-17-9-15-19-12-6-3-7-13-19/h2-17H,1H3,(H,23,24)/b14-8+,15-9+,21-16-,22-17-. The van der Waals surface area contributed by atoms with Crippen molar-refractivity contribution in [2.24, 2.45) is 15.3 Å². The molecule has 0 bridgehead atoms. The highest BCUT2D eigenvalue weighted by atomic mass is 32.2. The average molecular weight is 348 g/mol. The molecule has 0 amide bonds. The number of hydrogen-bond donors (Lipinski definition) is 1. The molecule has 0 fully saturated rings. The second-order valence-corrected chi connectivity index (χ2v) is 5.60. The molecule has 4 nitrogen and oxygen atoms in total. The van der Waals surface area contributed by atoms with Gasteiger partial charge in [-0.1, -0.05) is 84.6 Å². The number of amidine groups is 1. The molecule has 0 aliphatic carbocycles. The molecule has 0 unspecified atom stereocenters. The Morgan fingerprint density at radius 2 is 1.40 bits per heavy atom. The fraction of sp³-hybridized carbons (Fsp3) is 0.0500. The third kappa shape index (κ3) is 7.94. The Hall–Kier alpha value is -2.92. The van der Waals surface area contributed by atoms with Gasteiger partial charge in [0.05, 0.1) is 0 Å². The number of allylic oxidation sites excluding steroid dienone is 2. The summed E-state index contributed by atoms with van der Waals surface area (Å²) in [6, 6.07) is 20.1. The minimum Gasteiger partial charge on any atom is -0.254 e. The molecule has 0 aliphatic heterocycles. The van der Waals surface area contributed by atoms with Crippen molar-refractivity contribution >= 4 is 41.5 Å². The van der Waals surface area contributed by atoms with Crippen LogP contribution in [0.25, 0.3) is 12.2 Å². The first-order chi connectivity index (χ1) is 12.4. The first-order valence-corrected chi connectivity index (χ1v) is 8.98. The van der Waals surface area contributed by atoms with Crippen LogP contribution in [-0.4, -0.2) is 23.9 Å². The lowest BCUT2D eigenvalue weighted by atomic mass is 10.2. The largest absolute Gasteiger partial charge is 0.254 e. The molecule has 25 heavy (non-hydrogen) atoms. The van der Waals surface area contributed by atoms with Crippen LogP contribution < -0.4 is 5.43 Å². The zero-order chi connectivity index (χ0) is 17.6. The Morgan fingerprint density at radius 1 is 0.840 bits per heavy atom. The summed E-state index contributed by atoms with van der Waals surface area (Å²) in [6.07, 6.45) is 12.9. The molecule has 0 radical (unpaired) electrons. The molecule has 0 aromatic heterocycles. The lowest BCUT2D eigenvalue weighted by molar-refractivity contribution is 1.04. The maximum absolute atomic E-state index is 4.10. The van der Waals surface area contributed by atoms with Gasteiger partial charge in [-0.2, -0.15) is 10.2 Å². The van der Waals surface area contributed by atoms with Gasteiger partial charge in [0.2, 0.25) is 5.17 Å². The number of rotatable bonds is 6. The van der Waals surface area contributed by atoms with E-state index >= 15 is 0 Å². The topological polar surface area (TPSA) is 49.1 Å². The van der Waals surface area contributed by atoms with Crippen LogP contribution in [0.2, 0.25) is 0 Å². The van der Waals surface area contributed by atoms with E-state index in [1.165, 1.54) is 11.8 Å². The molecule has 5 heteroatoms. The SMILES string of the molecule is CS\C(=N/N=C\C=C\c1ccccc1)N/N=C\C=C\c1ccccc1. The highest BCUT2D eigenvalue weighted by Gasteiger charge is 1.91.